The third-order valence-electron chi connectivity index (χ3n) is 1.58. The number of hydrogen-bond donors (Lipinski definition) is 1. The van der Waals surface area contributed by atoms with Crippen molar-refractivity contribution in [3.8, 4) is 0 Å². The molecule has 2 aromatic heterocycles. The van der Waals surface area contributed by atoms with Gasteiger partial charge in [-0.1, -0.05) is 0 Å². The molecular weight excluding hydrogens is 210 g/mol. The van der Waals surface area contributed by atoms with E-state index in [0.29, 0.717) is 11.6 Å². The van der Waals surface area contributed by atoms with Gasteiger partial charge in [0.25, 0.3) is 0 Å². The van der Waals surface area contributed by atoms with Crippen LogP contribution in [-0.4, -0.2) is 19.9 Å². The molecule has 2 N–H and O–H groups in total. The largest absolute Gasteiger partial charge is 0.384 e. The number of anilines is 1. The highest BCUT2D eigenvalue weighted by molar-refractivity contribution is 7.99. The Morgan fingerprint density at radius 3 is 2.73 bits per heavy atom. The molecule has 0 aromatic carbocycles. The molecule has 0 amide bonds. The molecule has 0 atom stereocenters. The Morgan fingerprint density at radius 2 is 2.07 bits per heavy atom. The van der Waals surface area contributed by atoms with Crippen LogP contribution in [0.2, 0.25) is 0 Å². The molecule has 15 heavy (non-hydrogen) atoms. The van der Waals surface area contributed by atoms with Gasteiger partial charge in [-0.25, -0.2) is 15.0 Å². The average molecular weight is 219 g/mol. The molecule has 0 unspecified atom stereocenters. The van der Waals surface area contributed by atoms with Crippen molar-refractivity contribution in [2.75, 3.05) is 5.73 Å². The van der Waals surface area contributed by atoms with E-state index in [4.69, 9.17) is 5.73 Å². The van der Waals surface area contributed by atoms with Gasteiger partial charge in [0, 0.05) is 18.5 Å². The van der Waals surface area contributed by atoms with E-state index in [-0.39, 0.29) is 0 Å². The molecule has 0 spiro atoms. The first kappa shape index (κ1) is 9.85. The fourth-order valence-electron chi connectivity index (χ4n) is 1.06. The van der Waals surface area contributed by atoms with Crippen molar-refractivity contribution in [1.82, 2.24) is 19.9 Å². The molecule has 6 heteroatoms. The Hall–Kier alpha value is -1.69. The molecule has 0 radical (unpaired) electrons. The summed E-state index contributed by atoms with van der Waals surface area (Å²) >= 11 is 1.41. The fourth-order valence-corrected chi connectivity index (χ4v) is 1.86. The highest BCUT2D eigenvalue weighted by Crippen LogP contribution is 2.23. The maximum atomic E-state index is 5.61. The third-order valence-corrected chi connectivity index (χ3v) is 2.42. The summed E-state index contributed by atoms with van der Waals surface area (Å²) in [6.07, 6.45) is 4.95. The molecular formula is C9H9N5S. The first-order valence-electron chi connectivity index (χ1n) is 4.29. The summed E-state index contributed by atoms with van der Waals surface area (Å²) in [5, 5.41) is 1.57. The summed E-state index contributed by atoms with van der Waals surface area (Å²) in [6.45, 7) is 1.80. The quantitative estimate of drug-likeness (QED) is 0.767. The van der Waals surface area contributed by atoms with Crippen molar-refractivity contribution in [2.24, 2.45) is 0 Å². The van der Waals surface area contributed by atoms with E-state index in [1.54, 1.807) is 31.6 Å². The number of aryl methyl sites for hydroxylation is 1. The van der Waals surface area contributed by atoms with Gasteiger partial charge in [0.1, 0.15) is 21.7 Å². The maximum Gasteiger partial charge on any atom is 0.128 e. The third kappa shape index (κ3) is 2.63. The zero-order valence-corrected chi connectivity index (χ0v) is 8.90. The highest BCUT2D eigenvalue weighted by atomic mass is 32.2. The van der Waals surface area contributed by atoms with E-state index in [0.717, 1.165) is 10.1 Å². The molecule has 76 valence electrons. The van der Waals surface area contributed by atoms with Crippen molar-refractivity contribution in [2.45, 2.75) is 17.0 Å². The van der Waals surface area contributed by atoms with E-state index < -0.39 is 0 Å². The molecule has 2 rings (SSSR count). The van der Waals surface area contributed by atoms with Gasteiger partial charge in [0.2, 0.25) is 0 Å². The number of rotatable bonds is 2. The smallest absolute Gasteiger partial charge is 0.128 e. The van der Waals surface area contributed by atoms with Crippen molar-refractivity contribution in [1.29, 1.82) is 0 Å². The number of aromatic nitrogens is 4. The molecule has 0 saturated carbocycles. The first-order chi connectivity index (χ1) is 7.24. The molecule has 0 saturated heterocycles. The second kappa shape index (κ2) is 4.22. The van der Waals surface area contributed by atoms with Crippen LogP contribution in [0.5, 0.6) is 0 Å². The van der Waals surface area contributed by atoms with Gasteiger partial charge in [0.05, 0.1) is 6.20 Å². The van der Waals surface area contributed by atoms with E-state index in [2.05, 4.69) is 19.9 Å². The fraction of sp³-hybridized carbons (Fsp3) is 0.111. The van der Waals surface area contributed by atoms with Crippen LogP contribution in [0.4, 0.5) is 5.82 Å². The van der Waals surface area contributed by atoms with Gasteiger partial charge < -0.3 is 5.73 Å². The van der Waals surface area contributed by atoms with Crippen LogP contribution in [0.1, 0.15) is 5.82 Å². The Balaban J connectivity index is 2.25. The maximum absolute atomic E-state index is 5.61. The minimum absolute atomic E-state index is 0.467. The normalized spacial score (nSPS) is 10.2. The lowest BCUT2D eigenvalue weighted by atomic mass is 10.5. The number of nitrogen functional groups attached to an aromatic ring is 1. The summed E-state index contributed by atoms with van der Waals surface area (Å²) in [6, 6.07) is 1.71. The first-order valence-corrected chi connectivity index (χ1v) is 5.11. The number of nitrogens with zero attached hydrogens (tertiary/aromatic N) is 4. The van der Waals surface area contributed by atoms with Crippen LogP contribution in [0.3, 0.4) is 0 Å². The van der Waals surface area contributed by atoms with Gasteiger partial charge in [-0.05, 0) is 18.7 Å². The average Bonchev–Trinajstić information content (AvgIpc) is 2.17. The van der Waals surface area contributed by atoms with E-state index >= 15 is 0 Å². The summed E-state index contributed by atoms with van der Waals surface area (Å²) in [5.74, 6) is 1.12. The lowest BCUT2D eigenvalue weighted by molar-refractivity contribution is 0.967. The highest BCUT2D eigenvalue weighted by Gasteiger charge is 2.02. The van der Waals surface area contributed by atoms with Gasteiger partial charge in [-0.3, -0.25) is 4.98 Å². The van der Waals surface area contributed by atoms with Gasteiger partial charge in [-0.2, -0.15) is 0 Å². The van der Waals surface area contributed by atoms with Gasteiger partial charge >= 0.3 is 0 Å². The Morgan fingerprint density at radius 1 is 1.20 bits per heavy atom. The van der Waals surface area contributed by atoms with Crippen molar-refractivity contribution in [3.05, 3.63) is 30.5 Å². The van der Waals surface area contributed by atoms with Crippen molar-refractivity contribution < 1.29 is 0 Å². The monoisotopic (exact) mass is 219 g/mol. The molecule has 2 aromatic rings. The summed E-state index contributed by atoms with van der Waals surface area (Å²) in [4.78, 5) is 16.3. The van der Waals surface area contributed by atoms with Crippen LogP contribution < -0.4 is 5.73 Å². The molecule has 0 bridgehead atoms. The van der Waals surface area contributed by atoms with Crippen LogP contribution >= 0.6 is 11.8 Å². The van der Waals surface area contributed by atoms with Crippen LogP contribution in [0.25, 0.3) is 0 Å². The zero-order chi connectivity index (χ0) is 10.7. The SMILES string of the molecule is Cc1nc(N)cc(Sc2cnccn2)n1. The summed E-state index contributed by atoms with van der Waals surface area (Å²) in [7, 11) is 0. The van der Waals surface area contributed by atoms with E-state index in [1.807, 2.05) is 0 Å². The Labute approximate surface area is 91.2 Å². The van der Waals surface area contributed by atoms with E-state index in [9.17, 15) is 0 Å². The summed E-state index contributed by atoms with van der Waals surface area (Å²) in [5.41, 5.74) is 5.61. The van der Waals surface area contributed by atoms with Crippen molar-refractivity contribution in [3.63, 3.8) is 0 Å². The Bertz CT molecular complexity index is 439. The lowest BCUT2D eigenvalue weighted by Gasteiger charge is -2.01. The van der Waals surface area contributed by atoms with E-state index in [1.165, 1.54) is 11.8 Å². The van der Waals surface area contributed by atoms with Crippen LogP contribution in [0, 0.1) is 6.92 Å². The van der Waals surface area contributed by atoms with Gasteiger partial charge in [0.15, 0.2) is 0 Å². The number of hydrogen-bond acceptors (Lipinski definition) is 6. The Kier molecular flexibility index (Phi) is 2.77. The van der Waals surface area contributed by atoms with Crippen molar-refractivity contribution >= 4 is 17.6 Å². The summed E-state index contributed by atoms with van der Waals surface area (Å²) < 4.78 is 0. The minimum atomic E-state index is 0.467. The molecule has 5 nitrogen and oxygen atoms in total. The minimum Gasteiger partial charge on any atom is -0.384 e. The number of nitrogens with two attached hydrogens (primary N) is 1. The molecule has 0 aliphatic carbocycles. The van der Waals surface area contributed by atoms with Gasteiger partial charge in [-0.15, -0.1) is 0 Å². The standard InChI is InChI=1S/C9H9N5S/c1-6-13-7(10)4-8(14-6)15-9-5-11-2-3-12-9/h2-5H,1H3,(H2,10,13,14). The zero-order valence-electron chi connectivity index (χ0n) is 8.08. The predicted molar refractivity (Wildman–Crippen MR) is 57.3 cm³/mol. The molecule has 2 heterocycles. The molecule has 0 aliphatic rings. The second-order valence-electron chi connectivity index (χ2n) is 2.82. The van der Waals surface area contributed by atoms with Crippen LogP contribution in [-0.2, 0) is 0 Å². The molecule has 0 aliphatic heterocycles. The lowest BCUT2D eigenvalue weighted by Crippen LogP contribution is -1.96. The second-order valence-corrected chi connectivity index (χ2v) is 3.86. The van der Waals surface area contributed by atoms with Crippen LogP contribution in [0.15, 0.2) is 34.7 Å². The molecule has 0 fully saturated rings. The topological polar surface area (TPSA) is 77.6 Å². The predicted octanol–water partition coefficient (Wildman–Crippen LogP) is 1.31.